The second-order valence-electron chi connectivity index (χ2n) is 4.95. The van der Waals surface area contributed by atoms with Crippen LogP contribution in [0, 0.1) is 0 Å². The predicted molar refractivity (Wildman–Crippen MR) is 98.8 cm³/mol. The maximum atomic E-state index is 12.2. The molecule has 0 aromatic heterocycles. The van der Waals surface area contributed by atoms with E-state index in [4.69, 9.17) is 11.6 Å². The molecule has 0 spiro atoms. The lowest BCUT2D eigenvalue weighted by molar-refractivity contribution is 0.102. The molecular formula is C20H18ClNO. The molecule has 3 heteroatoms. The molecule has 0 unspecified atom stereocenters. The van der Waals surface area contributed by atoms with Crippen molar-refractivity contribution in [2.75, 3.05) is 5.32 Å². The van der Waals surface area contributed by atoms with E-state index in [1.807, 2.05) is 43.4 Å². The van der Waals surface area contributed by atoms with Gasteiger partial charge in [-0.1, -0.05) is 54.6 Å². The van der Waals surface area contributed by atoms with Gasteiger partial charge in [0.25, 0.3) is 5.91 Å². The summed E-state index contributed by atoms with van der Waals surface area (Å²) in [6.07, 6.45) is 7.76. The quantitative estimate of drug-likeness (QED) is 0.699. The van der Waals surface area contributed by atoms with Gasteiger partial charge in [-0.2, -0.15) is 0 Å². The molecule has 0 aliphatic carbocycles. The molecular weight excluding hydrogens is 306 g/mol. The largest absolute Gasteiger partial charge is 0.322 e. The first-order chi connectivity index (χ1) is 11.1. The van der Waals surface area contributed by atoms with Crippen molar-refractivity contribution in [3.8, 4) is 0 Å². The van der Waals surface area contributed by atoms with Gasteiger partial charge in [0.1, 0.15) is 0 Å². The van der Waals surface area contributed by atoms with Crippen LogP contribution in [0.1, 0.15) is 22.8 Å². The van der Waals surface area contributed by atoms with Crippen LogP contribution in [0.25, 0.3) is 5.57 Å². The Bertz CT molecular complexity index is 740. The van der Waals surface area contributed by atoms with Gasteiger partial charge in [-0.15, -0.1) is 0 Å². The van der Waals surface area contributed by atoms with Crippen LogP contribution in [0.4, 0.5) is 5.69 Å². The maximum absolute atomic E-state index is 12.2. The normalized spacial score (nSPS) is 11.0. The number of anilines is 1. The summed E-state index contributed by atoms with van der Waals surface area (Å²) in [5.74, 6) is -0.158. The first-order valence-corrected chi connectivity index (χ1v) is 7.63. The predicted octanol–water partition coefficient (Wildman–Crippen LogP) is 5.74. The molecule has 2 aromatic carbocycles. The van der Waals surface area contributed by atoms with Gasteiger partial charge in [0.15, 0.2) is 0 Å². The van der Waals surface area contributed by atoms with Crippen LogP contribution in [-0.2, 0) is 0 Å². The Morgan fingerprint density at radius 2 is 1.61 bits per heavy atom. The van der Waals surface area contributed by atoms with Crippen LogP contribution < -0.4 is 5.32 Å². The Morgan fingerprint density at radius 3 is 2.22 bits per heavy atom. The van der Waals surface area contributed by atoms with Gasteiger partial charge in [0.2, 0.25) is 0 Å². The van der Waals surface area contributed by atoms with E-state index < -0.39 is 0 Å². The number of rotatable bonds is 5. The van der Waals surface area contributed by atoms with Gasteiger partial charge < -0.3 is 5.32 Å². The van der Waals surface area contributed by atoms with Crippen molar-refractivity contribution in [2.45, 2.75) is 6.92 Å². The highest BCUT2D eigenvalue weighted by Gasteiger charge is 2.06. The van der Waals surface area contributed by atoms with E-state index in [0.717, 1.165) is 11.1 Å². The van der Waals surface area contributed by atoms with Gasteiger partial charge in [0.05, 0.1) is 0 Å². The number of carbonyl (C=O) groups excluding carboxylic acids is 1. The second-order valence-corrected chi connectivity index (χ2v) is 5.38. The lowest BCUT2D eigenvalue weighted by atomic mass is 10.0. The number of allylic oxidation sites excluding steroid dienone is 5. The molecule has 0 radical (unpaired) electrons. The van der Waals surface area contributed by atoms with E-state index in [9.17, 15) is 4.79 Å². The minimum atomic E-state index is -0.158. The van der Waals surface area contributed by atoms with Crippen LogP contribution in [0.3, 0.4) is 0 Å². The SMILES string of the molecule is C=C(/C=C\C=C/C)c1ccc(C(=O)Nc2ccc(Cl)cc2)cc1. The van der Waals surface area contributed by atoms with Crippen molar-refractivity contribution in [1.29, 1.82) is 0 Å². The minimum Gasteiger partial charge on any atom is -0.322 e. The number of nitrogens with one attached hydrogen (secondary N) is 1. The zero-order chi connectivity index (χ0) is 16.7. The highest BCUT2D eigenvalue weighted by Crippen LogP contribution is 2.17. The summed E-state index contributed by atoms with van der Waals surface area (Å²) in [6, 6.07) is 14.4. The summed E-state index contributed by atoms with van der Waals surface area (Å²) in [4.78, 5) is 12.2. The molecule has 0 aliphatic heterocycles. The Labute approximate surface area is 141 Å². The third-order valence-electron chi connectivity index (χ3n) is 3.22. The van der Waals surface area contributed by atoms with Crippen molar-refractivity contribution >= 4 is 28.8 Å². The highest BCUT2D eigenvalue weighted by molar-refractivity contribution is 6.30. The van der Waals surface area contributed by atoms with Crippen molar-refractivity contribution in [2.24, 2.45) is 0 Å². The lowest BCUT2D eigenvalue weighted by Gasteiger charge is -2.06. The van der Waals surface area contributed by atoms with Crippen molar-refractivity contribution in [1.82, 2.24) is 0 Å². The first kappa shape index (κ1) is 16.8. The smallest absolute Gasteiger partial charge is 0.255 e. The van der Waals surface area contributed by atoms with Crippen LogP contribution in [-0.4, -0.2) is 5.91 Å². The fourth-order valence-electron chi connectivity index (χ4n) is 1.95. The summed E-state index contributed by atoms with van der Waals surface area (Å²) in [6.45, 7) is 5.97. The zero-order valence-corrected chi connectivity index (χ0v) is 13.7. The number of hydrogen-bond acceptors (Lipinski definition) is 1. The third kappa shape index (κ3) is 4.97. The number of benzene rings is 2. The molecule has 116 valence electrons. The fraction of sp³-hybridized carbons (Fsp3) is 0.0500. The molecule has 0 heterocycles. The summed E-state index contributed by atoms with van der Waals surface area (Å²) in [5.41, 5.74) is 3.18. The average Bonchev–Trinajstić information content (AvgIpc) is 2.57. The molecule has 2 rings (SSSR count). The van der Waals surface area contributed by atoms with Crippen LogP contribution >= 0.6 is 11.6 Å². The fourth-order valence-corrected chi connectivity index (χ4v) is 2.08. The molecule has 0 saturated carbocycles. The molecule has 1 N–H and O–H groups in total. The standard InChI is InChI=1S/C20H18ClNO/c1-3-4-5-6-15(2)16-7-9-17(10-8-16)20(23)22-19-13-11-18(21)12-14-19/h3-14H,2H2,1H3,(H,22,23)/b4-3-,6-5-. The van der Waals surface area contributed by atoms with Gasteiger partial charge >= 0.3 is 0 Å². The Balaban J connectivity index is 2.05. The van der Waals surface area contributed by atoms with Gasteiger partial charge in [0, 0.05) is 16.3 Å². The summed E-state index contributed by atoms with van der Waals surface area (Å²) >= 11 is 5.83. The molecule has 0 bridgehead atoms. The van der Waals surface area contributed by atoms with Gasteiger partial charge in [-0.25, -0.2) is 0 Å². The van der Waals surface area contributed by atoms with Crippen LogP contribution in [0.5, 0.6) is 0 Å². The lowest BCUT2D eigenvalue weighted by Crippen LogP contribution is -2.11. The van der Waals surface area contributed by atoms with E-state index >= 15 is 0 Å². The first-order valence-electron chi connectivity index (χ1n) is 7.26. The van der Waals surface area contributed by atoms with Gasteiger partial charge in [-0.3, -0.25) is 4.79 Å². The minimum absolute atomic E-state index is 0.158. The van der Waals surface area contributed by atoms with E-state index in [0.29, 0.717) is 16.3 Å². The maximum Gasteiger partial charge on any atom is 0.255 e. The van der Waals surface area contributed by atoms with Crippen LogP contribution in [0.2, 0.25) is 5.02 Å². The van der Waals surface area contributed by atoms with Crippen molar-refractivity contribution in [3.05, 3.63) is 95.6 Å². The van der Waals surface area contributed by atoms with E-state index in [1.54, 1.807) is 36.4 Å². The van der Waals surface area contributed by atoms with Crippen LogP contribution in [0.15, 0.2) is 79.4 Å². The van der Waals surface area contributed by atoms with Crippen molar-refractivity contribution in [3.63, 3.8) is 0 Å². The Morgan fingerprint density at radius 1 is 1.00 bits per heavy atom. The van der Waals surface area contributed by atoms with E-state index in [2.05, 4.69) is 11.9 Å². The van der Waals surface area contributed by atoms with Crippen molar-refractivity contribution < 1.29 is 4.79 Å². The molecule has 2 nitrogen and oxygen atoms in total. The number of carbonyl (C=O) groups is 1. The molecule has 2 aromatic rings. The molecule has 0 atom stereocenters. The summed E-state index contributed by atoms with van der Waals surface area (Å²) < 4.78 is 0. The topological polar surface area (TPSA) is 29.1 Å². The molecule has 23 heavy (non-hydrogen) atoms. The third-order valence-corrected chi connectivity index (χ3v) is 3.47. The van der Waals surface area contributed by atoms with Gasteiger partial charge in [-0.05, 0) is 54.5 Å². The van der Waals surface area contributed by atoms with E-state index in [1.165, 1.54) is 0 Å². The number of amides is 1. The molecule has 1 amide bonds. The zero-order valence-electron chi connectivity index (χ0n) is 12.9. The Kier molecular flexibility index (Phi) is 5.95. The summed E-state index contributed by atoms with van der Waals surface area (Å²) in [5, 5.41) is 3.47. The monoisotopic (exact) mass is 323 g/mol. The highest BCUT2D eigenvalue weighted by atomic mass is 35.5. The second kappa shape index (κ2) is 8.16. The molecule has 0 fully saturated rings. The average molecular weight is 324 g/mol. The van der Waals surface area contributed by atoms with E-state index in [-0.39, 0.29) is 5.91 Å². The summed E-state index contributed by atoms with van der Waals surface area (Å²) in [7, 11) is 0. The molecule has 0 aliphatic rings. The molecule has 0 saturated heterocycles. The number of hydrogen-bond donors (Lipinski definition) is 1. The Hall–Kier alpha value is -2.58. The number of halogens is 1.